The van der Waals surface area contributed by atoms with Gasteiger partial charge in [-0.3, -0.25) is 14.5 Å². The Morgan fingerprint density at radius 3 is 2.48 bits per heavy atom. The van der Waals surface area contributed by atoms with E-state index in [9.17, 15) is 9.59 Å². The zero-order valence-corrected chi connectivity index (χ0v) is 17.2. The smallest absolute Gasteiger partial charge is 0.278 e. The summed E-state index contributed by atoms with van der Waals surface area (Å²) in [7, 11) is 1.53. The van der Waals surface area contributed by atoms with E-state index in [2.05, 4.69) is 5.32 Å². The number of hydrogen-bond donors (Lipinski definition) is 1. The third kappa shape index (κ3) is 4.78. The molecule has 2 amide bonds. The van der Waals surface area contributed by atoms with Gasteiger partial charge in [-0.2, -0.15) is 0 Å². The highest BCUT2D eigenvalue weighted by molar-refractivity contribution is 6.36. The molecule has 0 radical (unpaired) electrons. The van der Waals surface area contributed by atoms with E-state index in [1.807, 2.05) is 25.1 Å². The largest absolute Gasteiger partial charge is 0.494 e. The van der Waals surface area contributed by atoms with E-state index in [1.165, 1.54) is 12.0 Å². The Bertz CT molecular complexity index is 925. The summed E-state index contributed by atoms with van der Waals surface area (Å²) < 4.78 is 10.7. The van der Waals surface area contributed by atoms with E-state index in [4.69, 9.17) is 21.1 Å². The molecule has 6 nitrogen and oxygen atoms in total. The molecular weight excluding hydrogens is 392 g/mol. The molecule has 0 fully saturated rings. The number of ether oxygens (including phenoxy) is 2. The van der Waals surface area contributed by atoms with E-state index >= 15 is 0 Å². The SMILES string of the molecule is CCCOc1cccc(NC2=C(c3ccc(Cl)cc3)C(=O)N(CCOC)C2=O)c1. The number of carbonyl (C=O) groups is 2. The maximum absolute atomic E-state index is 13.0. The predicted octanol–water partition coefficient (Wildman–Crippen LogP) is 3.97. The van der Waals surface area contributed by atoms with Gasteiger partial charge in [0.2, 0.25) is 0 Å². The molecule has 1 aliphatic heterocycles. The molecule has 0 atom stereocenters. The number of methoxy groups -OCH3 is 1. The van der Waals surface area contributed by atoms with Crippen molar-refractivity contribution in [3.8, 4) is 5.75 Å². The van der Waals surface area contributed by atoms with Crippen LogP contribution in [0.3, 0.4) is 0 Å². The van der Waals surface area contributed by atoms with Gasteiger partial charge in [-0.15, -0.1) is 0 Å². The monoisotopic (exact) mass is 414 g/mol. The molecule has 0 saturated carbocycles. The Balaban J connectivity index is 1.97. The molecule has 3 rings (SSSR count). The Labute approximate surface area is 175 Å². The van der Waals surface area contributed by atoms with Gasteiger partial charge >= 0.3 is 0 Å². The number of rotatable bonds is 9. The van der Waals surface area contributed by atoms with Crippen LogP contribution in [-0.4, -0.2) is 43.6 Å². The molecule has 0 aliphatic carbocycles. The fraction of sp³-hybridized carbons (Fsp3) is 0.273. The van der Waals surface area contributed by atoms with Crippen LogP contribution in [-0.2, 0) is 14.3 Å². The van der Waals surface area contributed by atoms with Crippen LogP contribution in [0.5, 0.6) is 5.75 Å². The van der Waals surface area contributed by atoms with Crippen molar-refractivity contribution < 1.29 is 19.1 Å². The van der Waals surface area contributed by atoms with Crippen LogP contribution in [0.15, 0.2) is 54.2 Å². The zero-order valence-electron chi connectivity index (χ0n) is 16.4. The highest BCUT2D eigenvalue weighted by Crippen LogP contribution is 2.31. The number of anilines is 1. The molecule has 1 N–H and O–H groups in total. The summed E-state index contributed by atoms with van der Waals surface area (Å²) in [6.07, 6.45) is 0.894. The normalized spacial score (nSPS) is 14.0. The van der Waals surface area contributed by atoms with Gasteiger partial charge < -0.3 is 14.8 Å². The number of benzene rings is 2. The molecule has 1 aliphatic rings. The fourth-order valence-electron chi connectivity index (χ4n) is 2.99. The first kappa shape index (κ1) is 20.9. The van der Waals surface area contributed by atoms with Crippen molar-refractivity contribution in [2.45, 2.75) is 13.3 Å². The predicted molar refractivity (Wildman–Crippen MR) is 113 cm³/mol. The van der Waals surface area contributed by atoms with E-state index in [-0.39, 0.29) is 24.8 Å². The lowest BCUT2D eigenvalue weighted by Crippen LogP contribution is -2.35. The summed E-state index contributed by atoms with van der Waals surface area (Å²) in [5.74, 6) is -0.0642. The molecule has 0 aromatic heterocycles. The molecule has 1 heterocycles. The number of amides is 2. The van der Waals surface area contributed by atoms with Gasteiger partial charge in [0.15, 0.2) is 0 Å². The highest BCUT2D eigenvalue weighted by atomic mass is 35.5. The minimum Gasteiger partial charge on any atom is -0.494 e. The Kier molecular flexibility index (Phi) is 6.90. The van der Waals surface area contributed by atoms with Crippen molar-refractivity contribution in [1.82, 2.24) is 4.90 Å². The number of hydrogen-bond acceptors (Lipinski definition) is 5. The molecule has 7 heteroatoms. The van der Waals surface area contributed by atoms with Gasteiger partial charge in [0.25, 0.3) is 11.8 Å². The lowest BCUT2D eigenvalue weighted by atomic mass is 10.0. The molecule has 0 bridgehead atoms. The van der Waals surface area contributed by atoms with Gasteiger partial charge in [0.05, 0.1) is 25.3 Å². The van der Waals surface area contributed by atoms with Crippen LogP contribution < -0.4 is 10.1 Å². The third-order valence-corrected chi connectivity index (χ3v) is 4.65. The van der Waals surface area contributed by atoms with Crippen molar-refractivity contribution in [3.05, 3.63) is 64.8 Å². The number of nitrogens with zero attached hydrogens (tertiary/aromatic N) is 1. The van der Waals surface area contributed by atoms with E-state index in [0.717, 1.165) is 6.42 Å². The summed E-state index contributed by atoms with van der Waals surface area (Å²) in [4.78, 5) is 27.2. The van der Waals surface area contributed by atoms with E-state index < -0.39 is 5.91 Å². The summed E-state index contributed by atoms with van der Waals surface area (Å²) >= 11 is 5.98. The summed E-state index contributed by atoms with van der Waals surface area (Å²) in [5.41, 5.74) is 1.81. The Hall–Kier alpha value is -2.83. The van der Waals surface area contributed by atoms with Crippen molar-refractivity contribution in [1.29, 1.82) is 0 Å². The van der Waals surface area contributed by atoms with Crippen molar-refractivity contribution >= 4 is 34.7 Å². The van der Waals surface area contributed by atoms with Gasteiger partial charge in [-0.05, 0) is 36.2 Å². The molecule has 2 aromatic rings. The van der Waals surface area contributed by atoms with E-state index in [0.29, 0.717) is 34.2 Å². The quantitative estimate of drug-likeness (QED) is 0.629. The number of imide groups is 1. The molecule has 0 unspecified atom stereocenters. The average molecular weight is 415 g/mol. The summed E-state index contributed by atoms with van der Waals surface area (Å²) in [6.45, 7) is 3.07. The standard InChI is InChI=1S/C22H23ClN2O4/c1-3-12-29-18-6-4-5-17(14-18)24-20-19(15-7-9-16(23)10-8-15)21(26)25(22(20)27)11-13-28-2/h4-10,14,24H,3,11-13H2,1-2H3. The molecule has 29 heavy (non-hydrogen) atoms. The first-order chi connectivity index (χ1) is 14.0. The van der Waals surface area contributed by atoms with Crippen molar-refractivity contribution in [3.63, 3.8) is 0 Å². The van der Waals surface area contributed by atoms with Crippen LogP contribution >= 0.6 is 11.6 Å². The molecule has 2 aromatic carbocycles. The lowest BCUT2D eigenvalue weighted by molar-refractivity contribution is -0.137. The molecule has 0 spiro atoms. The molecular formula is C22H23ClN2O4. The second-order valence-electron chi connectivity index (χ2n) is 6.51. The average Bonchev–Trinajstić information content (AvgIpc) is 2.95. The van der Waals surface area contributed by atoms with Crippen LogP contribution in [0.2, 0.25) is 5.02 Å². The highest BCUT2D eigenvalue weighted by Gasteiger charge is 2.38. The van der Waals surface area contributed by atoms with Crippen molar-refractivity contribution in [2.75, 3.05) is 32.2 Å². The minimum absolute atomic E-state index is 0.177. The maximum atomic E-state index is 13.0. The first-order valence-corrected chi connectivity index (χ1v) is 9.78. The van der Waals surface area contributed by atoms with Gasteiger partial charge in [-0.1, -0.05) is 36.7 Å². The van der Waals surface area contributed by atoms with Crippen LogP contribution in [0.4, 0.5) is 5.69 Å². The number of halogens is 1. The number of carbonyl (C=O) groups excluding carboxylic acids is 2. The third-order valence-electron chi connectivity index (χ3n) is 4.40. The Morgan fingerprint density at radius 2 is 1.79 bits per heavy atom. The number of nitrogens with one attached hydrogen (secondary N) is 1. The van der Waals surface area contributed by atoms with Crippen LogP contribution in [0.1, 0.15) is 18.9 Å². The summed E-state index contributed by atoms with van der Waals surface area (Å²) in [5, 5.41) is 3.67. The van der Waals surface area contributed by atoms with Gasteiger partial charge in [-0.25, -0.2) is 0 Å². The minimum atomic E-state index is -0.392. The fourth-order valence-corrected chi connectivity index (χ4v) is 3.12. The van der Waals surface area contributed by atoms with Crippen LogP contribution in [0, 0.1) is 0 Å². The lowest BCUT2D eigenvalue weighted by Gasteiger charge is -2.14. The topological polar surface area (TPSA) is 67.9 Å². The van der Waals surface area contributed by atoms with Crippen molar-refractivity contribution in [2.24, 2.45) is 0 Å². The zero-order chi connectivity index (χ0) is 20.8. The van der Waals surface area contributed by atoms with E-state index in [1.54, 1.807) is 30.3 Å². The Morgan fingerprint density at radius 1 is 1.03 bits per heavy atom. The first-order valence-electron chi connectivity index (χ1n) is 9.40. The second-order valence-corrected chi connectivity index (χ2v) is 6.95. The molecule has 0 saturated heterocycles. The van der Waals surface area contributed by atoms with Gasteiger partial charge in [0, 0.05) is 23.9 Å². The van der Waals surface area contributed by atoms with Crippen LogP contribution in [0.25, 0.3) is 5.57 Å². The maximum Gasteiger partial charge on any atom is 0.278 e. The molecule has 152 valence electrons. The summed E-state index contributed by atoms with van der Waals surface area (Å²) in [6, 6.07) is 14.1. The second kappa shape index (κ2) is 9.58. The van der Waals surface area contributed by atoms with Gasteiger partial charge in [0.1, 0.15) is 11.4 Å².